The van der Waals surface area contributed by atoms with Gasteiger partial charge in [-0.15, -0.1) is 11.3 Å². The highest BCUT2D eigenvalue weighted by Crippen LogP contribution is 2.44. The summed E-state index contributed by atoms with van der Waals surface area (Å²) in [6, 6.07) is 15.1. The van der Waals surface area contributed by atoms with E-state index >= 15 is 0 Å². The van der Waals surface area contributed by atoms with Crippen molar-refractivity contribution < 1.29 is 14.7 Å². The molecule has 0 radical (unpaired) electrons. The Kier molecular flexibility index (Phi) is 5.34. The van der Waals surface area contributed by atoms with Crippen LogP contribution >= 0.6 is 38.9 Å². The summed E-state index contributed by atoms with van der Waals surface area (Å²) in [5, 5.41) is 13.3. The van der Waals surface area contributed by atoms with Gasteiger partial charge in [-0.05, 0) is 48.2 Å². The molecule has 4 rings (SSSR count). The lowest BCUT2D eigenvalue weighted by molar-refractivity contribution is -0.132. The maximum Gasteiger partial charge on any atom is 0.300 e. The van der Waals surface area contributed by atoms with Gasteiger partial charge in [-0.1, -0.05) is 51.8 Å². The number of aliphatic hydroxyl groups is 1. The fourth-order valence-electron chi connectivity index (χ4n) is 3.40. The average molecular weight is 489 g/mol. The normalized spacial score (nSPS) is 18.4. The van der Waals surface area contributed by atoms with Gasteiger partial charge in [0.05, 0.1) is 5.57 Å². The van der Waals surface area contributed by atoms with Crippen molar-refractivity contribution in [1.82, 2.24) is 0 Å². The molecule has 1 aliphatic rings. The number of benzene rings is 2. The standard InChI is InChI=1S/C22H15BrClNO3S/c1-12-4-9-15(24)11-16(12)25-19(17-3-2-10-29-17)18(21(27)22(25)28)20(26)13-5-7-14(23)8-6-13/h2-11,19,26H,1H3/b20-18-. The third-order valence-electron chi connectivity index (χ3n) is 4.81. The smallest absolute Gasteiger partial charge is 0.300 e. The molecule has 1 unspecified atom stereocenters. The summed E-state index contributed by atoms with van der Waals surface area (Å²) in [5.41, 5.74) is 1.89. The minimum Gasteiger partial charge on any atom is -0.507 e. The molecule has 1 fully saturated rings. The number of aryl methyl sites for hydroxylation is 1. The van der Waals surface area contributed by atoms with Gasteiger partial charge in [0, 0.05) is 25.6 Å². The Hall–Kier alpha value is -2.41. The number of nitrogens with zero attached hydrogens (tertiary/aromatic N) is 1. The first kappa shape index (κ1) is 19.9. The third-order valence-corrected chi connectivity index (χ3v) is 6.49. The van der Waals surface area contributed by atoms with E-state index in [9.17, 15) is 14.7 Å². The quantitative estimate of drug-likeness (QED) is 0.275. The van der Waals surface area contributed by atoms with E-state index in [2.05, 4.69) is 15.9 Å². The van der Waals surface area contributed by atoms with Gasteiger partial charge in [-0.2, -0.15) is 0 Å². The van der Waals surface area contributed by atoms with Crippen LogP contribution in [0.1, 0.15) is 22.0 Å². The number of halogens is 2. The van der Waals surface area contributed by atoms with Crippen LogP contribution < -0.4 is 4.90 Å². The van der Waals surface area contributed by atoms with Crippen LogP contribution in [0.5, 0.6) is 0 Å². The molecule has 29 heavy (non-hydrogen) atoms. The van der Waals surface area contributed by atoms with Crippen LogP contribution in [0.15, 0.2) is 70.0 Å². The zero-order chi connectivity index (χ0) is 20.7. The Balaban J connectivity index is 1.95. The zero-order valence-corrected chi connectivity index (χ0v) is 18.4. The molecule has 0 saturated carbocycles. The predicted octanol–water partition coefficient (Wildman–Crippen LogP) is 6.10. The van der Waals surface area contributed by atoms with Crippen LogP contribution in [0, 0.1) is 6.92 Å². The number of carbonyl (C=O) groups is 2. The fraction of sp³-hybridized carbons (Fsp3) is 0.0909. The van der Waals surface area contributed by atoms with Crippen molar-refractivity contribution in [2.24, 2.45) is 0 Å². The first-order chi connectivity index (χ1) is 13.9. The van der Waals surface area contributed by atoms with Crippen molar-refractivity contribution in [2.75, 3.05) is 4.90 Å². The first-order valence-electron chi connectivity index (χ1n) is 8.75. The highest BCUT2D eigenvalue weighted by atomic mass is 79.9. The zero-order valence-electron chi connectivity index (χ0n) is 15.2. The second-order valence-corrected chi connectivity index (χ2v) is 8.95. The summed E-state index contributed by atoms with van der Waals surface area (Å²) in [4.78, 5) is 28.3. The summed E-state index contributed by atoms with van der Waals surface area (Å²) in [5.74, 6) is -1.60. The number of ketones is 1. The maximum absolute atomic E-state index is 13.1. The minimum absolute atomic E-state index is 0.0687. The summed E-state index contributed by atoms with van der Waals surface area (Å²) in [6.07, 6.45) is 0. The highest BCUT2D eigenvalue weighted by molar-refractivity contribution is 9.10. The van der Waals surface area contributed by atoms with Gasteiger partial charge in [-0.3, -0.25) is 14.5 Å². The molecular formula is C22H15BrClNO3S. The molecule has 1 N–H and O–H groups in total. The van der Waals surface area contributed by atoms with Crippen LogP contribution in [-0.4, -0.2) is 16.8 Å². The van der Waals surface area contributed by atoms with Gasteiger partial charge in [0.15, 0.2) is 0 Å². The summed E-state index contributed by atoms with van der Waals surface area (Å²) >= 11 is 11.0. The Morgan fingerprint density at radius 3 is 2.52 bits per heavy atom. The van der Waals surface area contributed by atoms with Crippen LogP contribution in [0.2, 0.25) is 5.02 Å². The Morgan fingerprint density at radius 1 is 1.14 bits per heavy atom. The molecule has 1 aromatic heterocycles. The molecule has 1 amide bonds. The van der Waals surface area contributed by atoms with E-state index in [0.717, 1.165) is 14.9 Å². The molecule has 4 nitrogen and oxygen atoms in total. The van der Waals surface area contributed by atoms with Crippen LogP contribution in [0.25, 0.3) is 5.76 Å². The van der Waals surface area contributed by atoms with Gasteiger partial charge in [0.1, 0.15) is 11.8 Å². The summed E-state index contributed by atoms with van der Waals surface area (Å²) in [6.45, 7) is 1.85. The van der Waals surface area contributed by atoms with Crippen molar-refractivity contribution in [3.8, 4) is 0 Å². The monoisotopic (exact) mass is 487 g/mol. The molecule has 0 aliphatic carbocycles. The molecule has 2 heterocycles. The van der Waals surface area contributed by atoms with E-state index in [-0.39, 0.29) is 11.3 Å². The highest BCUT2D eigenvalue weighted by Gasteiger charge is 2.47. The van der Waals surface area contributed by atoms with Crippen LogP contribution in [0.4, 0.5) is 5.69 Å². The van der Waals surface area contributed by atoms with E-state index in [1.165, 1.54) is 16.2 Å². The molecule has 146 valence electrons. The summed E-state index contributed by atoms with van der Waals surface area (Å²) in [7, 11) is 0. The number of carbonyl (C=O) groups excluding carboxylic acids is 2. The molecule has 0 bridgehead atoms. The molecule has 3 aromatic rings. The van der Waals surface area contributed by atoms with Crippen molar-refractivity contribution >= 4 is 62.0 Å². The van der Waals surface area contributed by atoms with Gasteiger partial charge in [-0.25, -0.2) is 0 Å². The molecule has 1 aliphatic heterocycles. The topological polar surface area (TPSA) is 57.6 Å². The minimum atomic E-state index is -0.726. The van der Waals surface area contributed by atoms with E-state index in [1.54, 1.807) is 42.5 Å². The number of hydrogen-bond donors (Lipinski definition) is 1. The van der Waals surface area contributed by atoms with Gasteiger partial charge in [0.2, 0.25) is 0 Å². The van der Waals surface area contributed by atoms with Crippen molar-refractivity contribution in [1.29, 1.82) is 0 Å². The number of thiophene rings is 1. The van der Waals surface area contributed by atoms with Crippen LogP contribution in [0.3, 0.4) is 0 Å². The molecular weight excluding hydrogens is 474 g/mol. The van der Waals surface area contributed by atoms with Gasteiger partial charge < -0.3 is 5.11 Å². The lowest BCUT2D eigenvalue weighted by Gasteiger charge is -2.25. The predicted molar refractivity (Wildman–Crippen MR) is 119 cm³/mol. The van der Waals surface area contributed by atoms with E-state index < -0.39 is 17.7 Å². The molecule has 1 atom stereocenters. The number of anilines is 1. The lowest BCUT2D eigenvalue weighted by Crippen LogP contribution is -2.29. The summed E-state index contributed by atoms with van der Waals surface area (Å²) < 4.78 is 0.846. The number of aliphatic hydroxyl groups excluding tert-OH is 1. The SMILES string of the molecule is Cc1ccc(Cl)cc1N1C(=O)C(=O)/C(=C(\O)c2ccc(Br)cc2)C1c1cccs1. The van der Waals surface area contributed by atoms with Crippen molar-refractivity contribution in [3.05, 3.63) is 91.0 Å². The molecule has 2 aromatic carbocycles. The van der Waals surface area contributed by atoms with Crippen LogP contribution in [-0.2, 0) is 9.59 Å². The molecule has 7 heteroatoms. The lowest BCUT2D eigenvalue weighted by atomic mass is 9.99. The second kappa shape index (κ2) is 7.78. The first-order valence-corrected chi connectivity index (χ1v) is 10.8. The van der Waals surface area contributed by atoms with E-state index in [4.69, 9.17) is 11.6 Å². The second-order valence-electron chi connectivity index (χ2n) is 6.62. The Morgan fingerprint density at radius 2 is 1.86 bits per heavy atom. The van der Waals surface area contributed by atoms with Crippen molar-refractivity contribution in [3.63, 3.8) is 0 Å². The number of hydrogen-bond acceptors (Lipinski definition) is 4. The number of amides is 1. The molecule has 0 spiro atoms. The van der Waals surface area contributed by atoms with E-state index in [0.29, 0.717) is 16.3 Å². The Bertz CT molecular complexity index is 1140. The Labute approximate surface area is 185 Å². The van der Waals surface area contributed by atoms with E-state index in [1.807, 2.05) is 24.4 Å². The van der Waals surface area contributed by atoms with Gasteiger partial charge in [0.25, 0.3) is 11.7 Å². The van der Waals surface area contributed by atoms with Crippen molar-refractivity contribution in [2.45, 2.75) is 13.0 Å². The maximum atomic E-state index is 13.1. The number of Topliss-reactive ketones (excluding diaryl/α,β-unsaturated/α-hetero) is 1. The number of rotatable bonds is 3. The third kappa shape index (κ3) is 3.52. The molecule has 1 saturated heterocycles. The van der Waals surface area contributed by atoms with Gasteiger partial charge >= 0.3 is 0 Å². The fourth-order valence-corrected chi connectivity index (χ4v) is 4.66. The largest absolute Gasteiger partial charge is 0.507 e. The average Bonchev–Trinajstić information content (AvgIpc) is 3.31.